The van der Waals surface area contributed by atoms with Crippen LogP contribution in [0.25, 0.3) is 0 Å². The first-order valence-corrected chi connectivity index (χ1v) is 13.7. The Kier molecular flexibility index (Phi) is 8.96. The normalized spacial score (nSPS) is 29.7. The van der Waals surface area contributed by atoms with Crippen LogP contribution < -0.4 is 0 Å². The predicted octanol–water partition coefficient (Wildman–Crippen LogP) is 4.63. The first-order valence-electron chi connectivity index (χ1n) is 13.7. The Labute approximate surface area is 230 Å². The fraction of sp³-hybridized carbons (Fsp3) is 0.828. The molecule has 0 amide bonds. The number of hydrogen-bond donors (Lipinski definition) is 3. The molecule has 2 saturated carbocycles. The highest BCUT2D eigenvalue weighted by Crippen LogP contribution is 2.66. The van der Waals surface area contributed by atoms with E-state index in [-0.39, 0.29) is 29.8 Å². The second kappa shape index (κ2) is 10.7. The van der Waals surface area contributed by atoms with Crippen LogP contribution in [0.1, 0.15) is 93.9 Å². The maximum Gasteiger partial charge on any atom is 0.312 e. The highest BCUT2D eigenvalue weighted by atomic mass is 16.5. The molecule has 2 bridgehead atoms. The lowest BCUT2D eigenvalue weighted by Crippen LogP contribution is -2.51. The Morgan fingerprint density at radius 1 is 0.923 bits per heavy atom. The zero-order valence-corrected chi connectivity index (χ0v) is 24.8. The molecule has 0 saturated heterocycles. The second-order valence-electron chi connectivity index (χ2n) is 13.5. The summed E-state index contributed by atoms with van der Waals surface area (Å²) < 4.78 is 11.0. The van der Waals surface area contributed by atoms with Crippen LogP contribution in [-0.2, 0) is 33.4 Å². The van der Waals surface area contributed by atoms with Crippen LogP contribution in [0.5, 0.6) is 0 Å². The van der Waals surface area contributed by atoms with E-state index in [1.54, 1.807) is 13.8 Å². The molecule has 2 fully saturated rings. The molecule has 2 aliphatic rings. The van der Waals surface area contributed by atoms with Gasteiger partial charge in [0.2, 0.25) is 0 Å². The van der Waals surface area contributed by atoms with Crippen LogP contribution in [0.3, 0.4) is 0 Å². The molecule has 10 nitrogen and oxygen atoms in total. The Morgan fingerprint density at radius 2 is 1.49 bits per heavy atom. The molecular formula is C29H46O10. The van der Waals surface area contributed by atoms with E-state index in [1.165, 1.54) is 13.8 Å². The van der Waals surface area contributed by atoms with Gasteiger partial charge in [-0.25, -0.2) is 0 Å². The molecule has 39 heavy (non-hydrogen) atoms. The third kappa shape index (κ3) is 5.40. The Morgan fingerprint density at radius 3 is 1.85 bits per heavy atom. The quantitative estimate of drug-likeness (QED) is 0.273. The minimum atomic E-state index is -2.02. The Balaban J connectivity index is 2.45. The van der Waals surface area contributed by atoms with E-state index < -0.39 is 64.3 Å². The largest absolute Gasteiger partial charge is 0.481 e. The van der Waals surface area contributed by atoms with Gasteiger partial charge < -0.3 is 24.8 Å². The molecule has 0 radical (unpaired) electrons. The van der Waals surface area contributed by atoms with Crippen molar-refractivity contribution < 1.29 is 48.8 Å². The van der Waals surface area contributed by atoms with Crippen LogP contribution in [0, 0.1) is 44.8 Å². The number of rotatable bonds is 13. The van der Waals surface area contributed by atoms with E-state index in [0.29, 0.717) is 5.92 Å². The van der Waals surface area contributed by atoms with Gasteiger partial charge in [-0.3, -0.25) is 24.0 Å². The number of fused-ring (bicyclic) bond motifs is 2. The first kappa shape index (κ1) is 32.6. The van der Waals surface area contributed by atoms with Crippen molar-refractivity contribution in [2.45, 2.75) is 100 Å². The minimum Gasteiger partial charge on any atom is -0.481 e. The number of carboxylic acids is 3. The van der Waals surface area contributed by atoms with Gasteiger partial charge in [0.05, 0.1) is 35.2 Å². The number of carbonyl (C=O) groups excluding carboxylic acids is 2. The minimum absolute atomic E-state index is 0.00511. The molecular weight excluding hydrogens is 508 g/mol. The van der Waals surface area contributed by atoms with Gasteiger partial charge in [-0.15, -0.1) is 0 Å². The van der Waals surface area contributed by atoms with Gasteiger partial charge in [-0.05, 0) is 70.6 Å². The molecule has 0 aromatic carbocycles. The van der Waals surface area contributed by atoms with Crippen molar-refractivity contribution >= 4 is 29.8 Å². The molecule has 0 aliphatic heterocycles. The monoisotopic (exact) mass is 554 g/mol. The molecule has 8 unspecified atom stereocenters. The summed E-state index contributed by atoms with van der Waals surface area (Å²) in [7, 11) is 1.04. The van der Waals surface area contributed by atoms with E-state index in [2.05, 4.69) is 20.8 Å². The van der Waals surface area contributed by atoms with Gasteiger partial charge in [0, 0.05) is 5.41 Å². The lowest BCUT2D eigenvalue weighted by molar-refractivity contribution is -0.179. The third-order valence-electron chi connectivity index (χ3n) is 10.8. The van der Waals surface area contributed by atoms with Crippen LogP contribution >= 0.6 is 0 Å². The number of ether oxygens (including phenoxy) is 2. The lowest BCUT2D eigenvalue weighted by Gasteiger charge is -2.43. The highest BCUT2D eigenvalue weighted by Gasteiger charge is 2.64. The molecule has 10 heteroatoms. The van der Waals surface area contributed by atoms with Gasteiger partial charge in [-0.2, -0.15) is 0 Å². The van der Waals surface area contributed by atoms with Crippen LogP contribution in [0.4, 0.5) is 0 Å². The molecule has 0 aromatic heterocycles. The number of hydrogen-bond acceptors (Lipinski definition) is 7. The average Bonchev–Trinajstić information content (AvgIpc) is 3.16. The number of esters is 2. The van der Waals surface area contributed by atoms with E-state index in [0.717, 1.165) is 33.3 Å². The maximum atomic E-state index is 13.7. The average molecular weight is 555 g/mol. The van der Waals surface area contributed by atoms with E-state index in [9.17, 15) is 39.3 Å². The standard InChI is InChI=1S/C29H46O10/c1-10-26(5,23(36)39-18-13-17-11-12-29(18,8)25(17,3)4)14-27(6,22(34)35)15-28(7,24(37)38-9)19(21(32)33)16(2)20(30)31/h16-19H,10-15H2,1-9H3,(H,30,31)(H,32,33)(H,34,35). The molecule has 0 spiro atoms. The van der Waals surface area contributed by atoms with E-state index in [1.807, 2.05) is 0 Å². The highest BCUT2D eigenvalue weighted by molar-refractivity contribution is 5.89. The summed E-state index contributed by atoms with van der Waals surface area (Å²) in [5, 5.41) is 29.9. The van der Waals surface area contributed by atoms with Crippen LogP contribution in [0.15, 0.2) is 0 Å². The van der Waals surface area contributed by atoms with Crippen molar-refractivity contribution in [2.24, 2.45) is 44.8 Å². The second-order valence-corrected chi connectivity index (χ2v) is 13.5. The summed E-state index contributed by atoms with van der Waals surface area (Å²) in [5.41, 5.74) is -5.26. The fourth-order valence-corrected chi connectivity index (χ4v) is 7.53. The Bertz CT molecular complexity index is 1020. The van der Waals surface area contributed by atoms with Gasteiger partial charge >= 0.3 is 29.8 Å². The Hall–Kier alpha value is -2.65. The zero-order chi connectivity index (χ0) is 30.4. The molecule has 8 atom stereocenters. The van der Waals surface area contributed by atoms with Gasteiger partial charge in [0.1, 0.15) is 6.10 Å². The number of methoxy groups -OCH3 is 1. The van der Waals surface area contributed by atoms with Crippen LogP contribution in [0.2, 0.25) is 0 Å². The number of aliphatic carboxylic acids is 3. The van der Waals surface area contributed by atoms with Gasteiger partial charge in [0.25, 0.3) is 0 Å². The molecule has 2 aliphatic carbocycles. The SMILES string of the molecule is CCC(C)(CC(C)(CC(C)(C(=O)OC)C(C(=O)O)C(C)C(=O)O)C(=O)O)C(=O)OC1CC2CCC1(C)C2(C)C. The molecule has 222 valence electrons. The van der Waals surface area contributed by atoms with Crippen molar-refractivity contribution in [3.8, 4) is 0 Å². The summed E-state index contributed by atoms with van der Waals surface area (Å²) in [5.74, 6) is -8.78. The number of carbonyl (C=O) groups is 5. The lowest BCUT2D eigenvalue weighted by atomic mass is 9.59. The molecule has 0 heterocycles. The van der Waals surface area contributed by atoms with E-state index in [4.69, 9.17) is 9.47 Å². The third-order valence-corrected chi connectivity index (χ3v) is 10.8. The van der Waals surface area contributed by atoms with Gasteiger partial charge in [0.15, 0.2) is 0 Å². The summed E-state index contributed by atoms with van der Waals surface area (Å²) in [4.78, 5) is 63.5. The fourth-order valence-electron chi connectivity index (χ4n) is 7.53. The van der Waals surface area contributed by atoms with Crippen molar-refractivity contribution in [1.82, 2.24) is 0 Å². The van der Waals surface area contributed by atoms with Crippen molar-refractivity contribution in [3.05, 3.63) is 0 Å². The number of carboxylic acid groups (broad SMARTS) is 3. The summed E-state index contributed by atoms with van der Waals surface area (Å²) in [6.45, 7) is 13.6. The zero-order valence-electron chi connectivity index (χ0n) is 24.8. The smallest absolute Gasteiger partial charge is 0.312 e. The van der Waals surface area contributed by atoms with E-state index >= 15 is 0 Å². The van der Waals surface area contributed by atoms with Crippen molar-refractivity contribution in [2.75, 3.05) is 7.11 Å². The summed E-state index contributed by atoms with van der Waals surface area (Å²) in [6, 6.07) is 0. The summed E-state index contributed by atoms with van der Waals surface area (Å²) in [6.07, 6.45) is 1.90. The molecule has 0 aromatic rings. The topological polar surface area (TPSA) is 164 Å². The molecule has 2 rings (SSSR count). The molecule has 3 N–H and O–H groups in total. The van der Waals surface area contributed by atoms with Crippen LogP contribution in [-0.4, -0.2) is 58.4 Å². The predicted molar refractivity (Wildman–Crippen MR) is 141 cm³/mol. The van der Waals surface area contributed by atoms with Gasteiger partial charge in [-0.1, -0.05) is 34.6 Å². The van der Waals surface area contributed by atoms with Crippen molar-refractivity contribution in [1.29, 1.82) is 0 Å². The maximum absolute atomic E-state index is 13.7. The van der Waals surface area contributed by atoms with Crippen molar-refractivity contribution in [3.63, 3.8) is 0 Å². The summed E-state index contributed by atoms with van der Waals surface area (Å²) >= 11 is 0. The first-order chi connectivity index (χ1) is 17.7.